The number of carbonyl (C=O) groups is 1. The second kappa shape index (κ2) is 6.18. The van der Waals surface area contributed by atoms with Crippen LogP contribution >= 0.6 is 0 Å². The Balaban J connectivity index is 2.18. The maximum absolute atomic E-state index is 13.1. The highest BCUT2D eigenvalue weighted by molar-refractivity contribution is 5.89. The smallest absolute Gasteiger partial charge is 0.142 e. The predicted molar refractivity (Wildman–Crippen MR) is 84.5 cm³/mol. The fourth-order valence-corrected chi connectivity index (χ4v) is 2.39. The highest BCUT2D eigenvalue weighted by Gasteiger charge is 2.13. The Morgan fingerprint density at radius 1 is 1.00 bits per heavy atom. The van der Waals surface area contributed by atoms with Crippen molar-refractivity contribution in [1.29, 1.82) is 0 Å². The summed E-state index contributed by atoms with van der Waals surface area (Å²) >= 11 is 0. The summed E-state index contributed by atoms with van der Waals surface area (Å²) in [4.78, 5) is 17.8. The summed E-state index contributed by atoms with van der Waals surface area (Å²) in [7, 11) is 0. The minimum absolute atomic E-state index is 0.276. The Morgan fingerprint density at radius 2 is 1.73 bits per heavy atom. The summed E-state index contributed by atoms with van der Waals surface area (Å²) in [6.07, 6.45) is 9.18. The van der Waals surface area contributed by atoms with Crippen molar-refractivity contribution in [3.8, 4) is 22.4 Å². The first-order valence-electron chi connectivity index (χ1n) is 6.79. The lowest BCUT2D eigenvalue weighted by atomic mass is 9.98. The molecule has 3 aromatic rings. The number of H-pyrrole nitrogens is 1. The molecule has 1 N–H and O–H groups in total. The van der Waals surface area contributed by atoms with E-state index in [1.807, 2.05) is 18.3 Å². The molecule has 0 unspecified atom stereocenters. The van der Waals surface area contributed by atoms with Crippen molar-refractivity contribution in [2.45, 2.75) is 0 Å². The number of nitrogens with zero attached hydrogens (tertiary/aromatic N) is 1. The highest BCUT2D eigenvalue weighted by atomic mass is 19.1. The maximum atomic E-state index is 13.1. The van der Waals surface area contributed by atoms with Gasteiger partial charge < -0.3 is 4.98 Å². The van der Waals surface area contributed by atoms with E-state index in [1.165, 1.54) is 18.2 Å². The molecule has 0 radical (unpaired) electrons. The zero-order valence-corrected chi connectivity index (χ0v) is 11.7. The molecule has 3 rings (SSSR count). The molecule has 0 aliphatic rings. The number of rotatable bonds is 4. The van der Waals surface area contributed by atoms with E-state index in [-0.39, 0.29) is 5.82 Å². The quantitative estimate of drug-likeness (QED) is 0.581. The van der Waals surface area contributed by atoms with E-state index in [0.717, 1.165) is 34.2 Å². The van der Waals surface area contributed by atoms with Crippen LogP contribution in [0.4, 0.5) is 4.39 Å². The summed E-state index contributed by atoms with van der Waals surface area (Å²) < 4.78 is 13.1. The number of hydrogen-bond acceptors (Lipinski definition) is 2. The molecule has 0 saturated heterocycles. The van der Waals surface area contributed by atoms with Crippen LogP contribution in [-0.2, 0) is 4.79 Å². The van der Waals surface area contributed by atoms with Crippen molar-refractivity contribution < 1.29 is 9.18 Å². The first-order chi connectivity index (χ1) is 10.8. The number of nitrogens with one attached hydrogen (secondary N) is 1. The van der Waals surface area contributed by atoms with Gasteiger partial charge in [0.2, 0.25) is 0 Å². The first-order valence-corrected chi connectivity index (χ1v) is 6.79. The minimum atomic E-state index is -0.276. The molecule has 1 aromatic carbocycles. The Hall–Kier alpha value is -3.01. The van der Waals surface area contributed by atoms with Crippen molar-refractivity contribution >= 4 is 12.4 Å². The molecule has 2 heterocycles. The predicted octanol–water partition coefficient (Wildman–Crippen LogP) is 4.09. The van der Waals surface area contributed by atoms with Crippen LogP contribution in [0.25, 0.3) is 28.5 Å². The zero-order chi connectivity index (χ0) is 15.4. The van der Waals surface area contributed by atoms with Crippen LogP contribution in [0.3, 0.4) is 0 Å². The lowest BCUT2D eigenvalue weighted by Crippen LogP contribution is -1.85. The zero-order valence-electron chi connectivity index (χ0n) is 11.7. The lowest BCUT2D eigenvalue weighted by Gasteiger charge is -2.06. The molecule has 3 nitrogen and oxygen atoms in total. The molecular weight excluding hydrogens is 279 g/mol. The van der Waals surface area contributed by atoms with Crippen LogP contribution in [0.2, 0.25) is 0 Å². The van der Waals surface area contributed by atoms with Gasteiger partial charge in [-0.3, -0.25) is 9.78 Å². The van der Waals surface area contributed by atoms with Gasteiger partial charge in [-0.15, -0.1) is 0 Å². The number of benzene rings is 1. The number of allylic oxidation sites excluding steroid dienone is 1. The van der Waals surface area contributed by atoms with Gasteiger partial charge in [0.15, 0.2) is 0 Å². The third kappa shape index (κ3) is 2.72. The average Bonchev–Trinajstić information content (AvgIpc) is 2.98. The largest absolute Gasteiger partial charge is 0.360 e. The van der Waals surface area contributed by atoms with E-state index in [4.69, 9.17) is 0 Å². The average molecular weight is 292 g/mol. The van der Waals surface area contributed by atoms with Gasteiger partial charge >= 0.3 is 0 Å². The number of aromatic amines is 1. The van der Waals surface area contributed by atoms with Crippen molar-refractivity contribution in [2.75, 3.05) is 0 Å². The third-order valence-electron chi connectivity index (χ3n) is 3.37. The third-order valence-corrected chi connectivity index (χ3v) is 3.37. The Bertz CT molecular complexity index is 805. The molecule has 2 aromatic heterocycles. The molecule has 0 aliphatic carbocycles. The van der Waals surface area contributed by atoms with Gasteiger partial charge in [-0.2, -0.15) is 0 Å². The van der Waals surface area contributed by atoms with Crippen LogP contribution in [0.15, 0.2) is 61.1 Å². The molecule has 4 heteroatoms. The van der Waals surface area contributed by atoms with Crippen LogP contribution < -0.4 is 0 Å². The molecule has 0 atom stereocenters. The lowest BCUT2D eigenvalue weighted by molar-refractivity contribution is -0.104. The highest BCUT2D eigenvalue weighted by Crippen LogP contribution is 2.35. The summed E-state index contributed by atoms with van der Waals surface area (Å²) in [5.41, 5.74) is 4.56. The summed E-state index contributed by atoms with van der Waals surface area (Å²) in [6.45, 7) is 0. The number of aromatic nitrogens is 2. The van der Waals surface area contributed by atoms with E-state index in [0.29, 0.717) is 0 Å². The molecule has 0 saturated carbocycles. The molecule has 0 aliphatic heterocycles. The second-order valence-corrected chi connectivity index (χ2v) is 4.73. The molecular formula is C18H13FN2O. The normalized spacial score (nSPS) is 11.0. The van der Waals surface area contributed by atoms with Crippen LogP contribution in [0.5, 0.6) is 0 Å². The van der Waals surface area contributed by atoms with Crippen molar-refractivity contribution in [3.63, 3.8) is 0 Å². The van der Waals surface area contributed by atoms with Gasteiger partial charge in [-0.1, -0.05) is 0 Å². The van der Waals surface area contributed by atoms with Crippen LogP contribution in [-0.4, -0.2) is 16.3 Å². The van der Waals surface area contributed by atoms with Gasteiger partial charge in [-0.05, 0) is 59.7 Å². The van der Waals surface area contributed by atoms with E-state index >= 15 is 0 Å². The monoisotopic (exact) mass is 292 g/mol. The number of aldehydes is 1. The number of hydrogen-bond donors (Lipinski definition) is 1. The molecule has 0 fully saturated rings. The van der Waals surface area contributed by atoms with Gasteiger partial charge in [-0.25, -0.2) is 4.39 Å². The molecule has 108 valence electrons. The van der Waals surface area contributed by atoms with Crippen molar-refractivity contribution in [2.24, 2.45) is 0 Å². The summed E-state index contributed by atoms with van der Waals surface area (Å²) in [5, 5.41) is 0. The topological polar surface area (TPSA) is 45.8 Å². The van der Waals surface area contributed by atoms with Crippen molar-refractivity contribution in [3.05, 3.63) is 72.4 Å². The second-order valence-electron chi connectivity index (χ2n) is 4.73. The van der Waals surface area contributed by atoms with Gasteiger partial charge in [0, 0.05) is 29.7 Å². The number of carbonyl (C=O) groups excluding carboxylic acids is 1. The molecule has 0 spiro atoms. The molecule has 0 amide bonds. The standard InChI is InChI=1S/C18H13FN2O/c19-16-5-3-14(4-6-16)18-17(13-7-9-20-10-8-13)15(12-21-18)2-1-11-22/h1-12,21H. The Morgan fingerprint density at radius 3 is 2.41 bits per heavy atom. The van der Waals surface area contributed by atoms with Crippen LogP contribution in [0, 0.1) is 5.82 Å². The van der Waals surface area contributed by atoms with Crippen LogP contribution in [0.1, 0.15) is 5.56 Å². The van der Waals surface area contributed by atoms with Gasteiger partial charge in [0.1, 0.15) is 12.1 Å². The fourth-order valence-electron chi connectivity index (χ4n) is 2.39. The summed E-state index contributed by atoms with van der Waals surface area (Å²) in [6, 6.07) is 10.1. The SMILES string of the molecule is O=CC=Cc1c[nH]c(-c2ccc(F)cc2)c1-c1ccncc1. The van der Waals surface area contributed by atoms with E-state index in [2.05, 4.69) is 9.97 Å². The van der Waals surface area contributed by atoms with E-state index < -0.39 is 0 Å². The first kappa shape index (κ1) is 13.9. The van der Waals surface area contributed by atoms with Crippen molar-refractivity contribution in [1.82, 2.24) is 9.97 Å². The number of pyridine rings is 1. The van der Waals surface area contributed by atoms with E-state index in [1.54, 1.807) is 30.6 Å². The fraction of sp³-hybridized carbons (Fsp3) is 0. The maximum Gasteiger partial charge on any atom is 0.142 e. The van der Waals surface area contributed by atoms with E-state index in [9.17, 15) is 9.18 Å². The molecule has 0 bridgehead atoms. The minimum Gasteiger partial charge on any atom is -0.360 e. The Labute approximate surface area is 127 Å². The Kier molecular flexibility index (Phi) is 3.92. The number of halogens is 1. The summed E-state index contributed by atoms with van der Waals surface area (Å²) in [5.74, 6) is -0.276. The van der Waals surface area contributed by atoms with Gasteiger partial charge in [0.25, 0.3) is 0 Å². The molecule has 22 heavy (non-hydrogen) atoms. The van der Waals surface area contributed by atoms with Gasteiger partial charge in [0.05, 0.1) is 5.69 Å².